The van der Waals surface area contributed by atoms with Gasteiger partial charge in [-0.3, -0.25) is 9.36 Å². The molecule has 0 saturated heterocycles. The standard InChI is InChI=1S/C22H19ClN4O2S/c23-18-10-5-4-7-16(18)15-24-20(28)12-14-30-22-26-25-21(19-11-6-13-29-19)27(22)17-8-2-1-3-9-17/h1-11,13H,12,14-15H2,(H,24,28). The van der Waals surface area contributed by atoms with Crippen LogP contribution in [0.5, 0.6) is 0 Å². The van der Waals surface area contributed by atoms with Crippen LogP contribution in [0.3, 0.4) is 0 Å². The molecule has 0 aliphatic carbocycles. The Morgan fingerprint density at radius 1 is 1.03 bits per heavy atom. The largest absolute Gasteiger partial charge is 0.461 e. The van der Waals surface area contributed by atoms with E-state index in [1.54, 1.807) is 6.26 Å². The van der Waals surface area contributed by atoms with E-state index in [0.29, 0.717) is 40.5 Å². The Bertz CT molecular complexity index is 1110. The second-order valence-electron chi connectivity index (χ2n) is 6.42. The molecular weight excluding hydrogens is 420 g/mol. The zero-order chi connectivity index (χ0) is 20.8. The maximum absolute atomic E-state index is 12.2. The van der Waals surface area contributed by atoms with Gasteiger partial charge in [0.1, 0.15) is 0 Å². The van der Waals surface area contributed by atoms with Crippen LogP contribution in [0.25, 0.3) is 17.3 Å². The van der Waals surface area contributed by atoms with Crippen molar-refractivity contribution in [1.82, 2.24) is 20.1 Å². The lowest BCUT2D eigenvalue weighted by Gasteiger charge is -2.09. The predicted octanol–water partition coefficient (Wildman–Crippen LogP) is 4.98. The second-order valence-corrected chi connectivity index (χ2v) is 7.89. The number of rotatable bonds is 8. The molecule has 1 amide bonds. The highest BCUT2D eigenvalue weighted by Gasteiger charge is 2.18. The smallest absolute Gasteiger partial charge is 0.221 e. The number of hydrogen-bond acceptors (Lipinski definition) is 5. The molecule has 0 saturated carbocycles. The van der Waals surface area contributed by atoms with E-state index in [4.69, 9.17) is 16.0 Å². The maximum Gasteiger partial charge on any atom is 0.221 e. The number of nitrogens with zero attached hydrogens (tertiary/aromatic N) is 3. The Kier molecular flexibility index (Phi) is 6.51. The van der Waals surface area contributed by atoms with Gasteiger partial charge in [0.05, 0.1) is 6.26 Å². The Labute approximate surface area is 183 Å². The lowest BCUT2D eigenvalue weighted by Crippen LogP contribution is -2.23. The van der Waals surface area contributed by atoms with Crippen LogP contribution in [-0.4, -0.2) is 26.4 Å². The van der Waals surface area contributed by atoms with Crippen molar-refractivity contribution in [3.63, 3.8) is 0 Å². The first kappa shape index (κ1) is 20.3. The molecule has 1 N–H and O–H groups in total. The average molecular weight is 439 g/mol. The van der Waals surface area contributed by atoms with Gasteiger partial charge in [0, 0.05) is 29.4 Å². The van der Waals surface area contributed by atoms with Crippen molar-refractivity contribution in [3.05, 3.63) is 83.6 Å². The summed E-state index contributed by atoms with van der Waals surface area (Å²) in [6.45, 7) is 0.409. The number of carbonyl (C=O) groups excluding carboxylic acids is 1. The molecule has 4 rings (SSSR count). The quantitative estimate of drug-likeness (QED) is 0.393. The summed E-state index contributed by atoms with van der Waals surface area (Å²) in [6, 6.07) is 21.0. The molecule has 2 aromatic heterocycles. The molecule has 2 aromatic carbocycles. The summed E-state index contributed by atoms with van der Waals surface area (Å²) in [6.07, 6.45) is 1.96. The highest BCUT2D eigenvalue weighted by Crippen LogP contribution is 2.28. The molecule has 0 fully saturated rings. The van der Waals surface area contributed by atoms with Crippen LogP contribution < -0.4 is 5.32 Å². The Balaban J connectivity index is 1.41. The molecule has 0 radical (unpaired) electrons. The molecule has 0 atom stereocenters. The minimum atomic E-state index is -0.0422. The van der Waals surface area contributed by atoms with Gasteiger partial charge in [-0.25, -0.2) is 0 Å². The first-order valence-electron chi connectivity index (χ1n) is 9.40. The van der Waals surface area contributed by atoms with Crippen molar-refractivity contribution < 1.29 is 9.21 Å². The fraction of sp³-hybridized carbons (Fsp3) is 0.136. The van der Waals surface area contributed by atoms with Crippen molar-refractivity contribution >= 4 is 29.3 Å². The van der Waals surface area contributed by atoms with Gasteiger partial charge in [-0.2, -0.15) is 0 Å². The van der Waals surface area contributed by atoms with E-state index >= 15 is 0 Å². The zero-order valence-electron chi connectivity index (χ0n) is 16.0. The number of hydrogen-bond donors (Lipinski definition) is 1. The summed E-state index contributed by atoms with van der Waals surface area (Å²) in [5, 5.41) is 12.9. The Morgan fingerprint density at radius 2 is 1.83 bits per heavy atom. The number of carbonyl (C=O) groups is 1. The third-order valence-corrected chi connectivity index (χ3v) is 5.68. The molecule has 0 bridgehead atoms. The van der Waals surface area contributed by atoms with Crippen LogP contribution in [0.15, 0.2) is 82.6 Å². The molecule has 0 spiro atoms. The van der Waals surface area contributed by atoms with E-state index in [9.17, 15) is 4.79 Å². The molecule has 0 aliphatic heterocycles. The SMILES string of the molecule is O=C(CCSc1nnc(-c2ccco2)n1-c1ccccc1)NCc1ccccc1Cl. The number of para-hydroxylation sites is 1. The minimum Gasteiger partial charge on any atom is -0.461 e. The van der Waals surface area contributed by atoms with Gasteiger partial charge in [-0.15, -0.1) is 10.2 Å². The molecule has 6 nitrogen and oxygen atoms in total. The van der Waals surface area contributed by atoms with E-state index in [1.807, 2.05) is 71.3 Å². The first-order chi connectivity index (χ1) is 14.7. The minimum absolute atomic E-state index is 0.0422. The summed E-state index contributed by atoms with van der Waals surface area (Å²) < 4.78 is 7.45. The number of furan rings is 1. The van der Waals surface area contributed by atoms with Crippen molar-refractivity contribution in [1.29, 1.82) is 0 Å². The molecular formula is C22H19ClN4O2S. The molecule has 0 unspecified atom stereocenters. The van der Waals surface area contributed by atoms with E-state index in [-0.39, 0.29) is 5.91 Å². The molecule has 152 valence electrons. The van der Waals surface area contributed by atoms with Crippen molar-refractivity contribution in [2.75, 3.05) is 5.75 Å². The average Bonchev–Trinajstić information content (AvgIpc) is 3.44. The van der Waals surface area contributed by atoms with Gasteiger partial charge in [0.15, 0.2) is 10.9 Å². The molecule has 30 heavy (non-hydrogen) atoms. The van der Waals surface area contributed by atoms with Gasteiger partial charge >= 0.3 is 0 Å². The van der Waals surface area contributed by atoms with Gasteiger partial charge in [-0.05, 0) is 35.9 Å². The number of aromatic nitrogens is 3. The van der Waals surface area contributed by atoms with Crippen LogP contribution in [0.4, 0.5) is 0 Å². The third kappa shape index (κ3) is 4.75. The fourth-order valence-electron chi connectivity index (χ4n) is 2.90. The fourth-order valence-corrected chi connectivity index (χ4v) is 3.99. The van der Waals surface area contributed by atoms with Crippen LogP contribution >= 0.6 is 23.4 Å². The van der Waals surface area contributed by atoms with Gasteiger partial charge in [0.2, 0.25) is 11.7 Å². The lowest BCUT2D eigenvalue weighted by atomic mass is 10.2. The third-order valence-electron chi connectivity index (χ3n) is 4.38. The number of benzene rings is 2. The highest BCUT2D eigenvalue weighted by molar-refractivity contribution is 7.99. The molecule has 4 aromatic rings. The Hall–Kier alpha value is -3.03. The summed E-state index contributed by atoms with van der Waals surface area (Å²) >= 11 is 7.61. The first-order valence-corrected chi connectivity index (χ1v) is 10.8. The monoisotopic (exact) mass is 438 g/mol. The molecule has 2 heterocycles. The van der Waals surface area contributed by atoms with Crippen molar-refractivity contribution in [3.8, 4) is 17.3 Å². The van der Waals surface area contributed by atoms with E-state index in [2.05, 4.69) is 15.5 Å². The van der Waals surface area contributed by atoms with E-state index < -0.39 is 0 Å². The van der Waals surface area contributed by atoms with Gasteiger partial charge < -0.3 is 9.73 Å². The lowest BCUT2D eigenvalue weighted by molar-refractivity contribution is -0.120. The Morgan fingerprint density at radius 3 is 2.60 bits per heavy atom. The van der Waals surface area contributed by atoms with Crippen LogP contribution in [0, 0.1) is 0 Å². The zero-order valence-corrected chi connectivity index (χ0v) is 17.6. The van der Waals surface area contributed by atoms with Crippen LogP contribution in [0.1, 0.15) is 12.0 Å². The van der Waals surface area contributed by atoms with Gasteiger partial charge in [-0.1, -0.05) is 59.8 Å². The summed E-state index contributed by atoms with van der Waals surface area (Å²) in [5.41, 5.74) is 1.83. The number of thioether (sulfide) groups is 1. The van der Waals surface area contributed by atoms with Crippen LogP contribution in [-0.2, 0) is 11.3 Å². The van der Waals surface area contributed by atoms with Crippen molar-refractivity contribution in [2.24, 2.45) is 0 Å². The topological polar surface area (TPSA) is 73.0 Å². The summed E-state index contributed by atoms with van der Waals surface area (Å²) in [4.78, 5) is 12.2. The van der Waals surface area contributed by atoms with E-state index in [0.717, 1.165) is 11.3 Å². The van der Waals surface area contributed by atoms with Crippen LogP contribution in [0.2, 0.25) is 5.02 Å². The van der Waals surface area contributed by atoms with E-state index in [1.165, 1.54) is 11.8 Å². The predicted molar refractivity (Wildman–Crippen MR) is 118 cm³/mol. The number of halogens is 1. The van der Waals surface area contributed by atoms with Crippen molar-refractivity contribution in [2.45, 2.75) is 18.1 Å². The normalized spacial score (nSPS) is 10.8. The number of amides is 1. The summed E-state index contributed by atoms with van der Waals surface area (Å²) in [5.74, 6) is 1.78. The summed E-state index contributed by atoms with van der Waals surface area (Å²) in [7, 11) is 0. The second kappa shape index (κ2) is 9.65. The molecule has 8 heteroatoms. The number of nitrogens with one attached hydrogen (secondary N) is 1. The maximum atomic E-state index is 12.2. The van der Waals surface area contributed by atoms with Gasteiger partial charge in [0.25, 0.3) is 0 Å². The highest BCUT2D eigenvalue weighted by atomic mass is 35.5. The molecule has 0 aliphatic rings.